The van der Waals surface area contributed by atoms with Crippen molar-refractivity contribution in [2.24, 2.45) is 0 Å². The van der Waals surface area contributed by atoms with Crippen LogP contribution in [-0.4, -0.2) is 15.1 Å². The molecule has 0 N–H and O–H groups in total. The number of aromatic nitrogens is 3. The van der Waals surface area contributed by atoms with Gasteiger partial charge in [-0.3, -0.25) is 0 Å². The van der Waals surface area contributed by atoms with Gasteiger partial charge in [0.1, 0.15) is 17.3 Å². The molecule has 0 radical (unpaired) electrons. The van der Waals surface area contributed by atoms with E-state index in [1.54, 1.807) is 6.07 Å². The van der Waals surface area contributed by atoms with Crippen LogP contribution in [0.5, 0.6) is 11.8 Å². The first-order valence-electron chi connectivity index (χ1n) is 6.13. The third-order valence-electron chi connectivity index (χ3n) is 2.72. The average Bonchev–Trinajstić information content (AvgIpc) is 2.98. The van der Waals surface area contributed by atoms with E-state index in [2.05, 4.69) is 15.1 Å². The van der Waals surface area contributed by atoms with Crippen LogP contribution in [-0.2, 0) is 0 Å². The summed E-state index contributed by atoms with van der Waals surface area (Å²) in [5.41, 5.74) is -0.713. The van der Waals surface area contributed by atoms with Crippen LogP contribution in [0.15, 0.2) is 47.2 Å². The van der Waals surface area contributed by atoms with Gasteiger partial charge in [0.2, 0.25) is 0 Å². The Hall–Kier alpha value is -2.90. The molecule has 8 heteroatoms. The smallest absolute Gasteiger partial charge is 0.321 e. The van der Waals surface area contributed by atoms with E-state index in [1.807, 2.05) is 0 Å². The monoisotopic (exact) mass is 307 g/mol. The molecule has 0 aliphatic rings. The van der Waals surface area contributed by atoms with Crippen LogP contribution in [0.3, 0.4) is 0 Å². The lowest BCUT2D eigenvalue weighted by Crippen LogP contribution is -1.94. The Morgan fingerprint density at radius 2 is 1.86 bits per heavy atom. The molecule has 3 aromatic rings. The molecule has 0 aliphatic carbocycles. The normalized spacial score (nSPS) is 10.9. The maximum atomic E-state index is 14.1. The SMILES string of the molecule is Fc1cccc(Oc2ncccn2)c1-c1cc(C(F)F)no1. The van der Waals surface area contributed by atoms with Crippen LogP contribution in [0.25, 0.3) is 11.3 Å². The standard InChI is InChI=1S/C14H8F3N3O2/c15-8-3-1-4-10(21-14-18-5-2-6-19-14)12(8)11-7-9(13(16)17)20-22-11/h1-7,13H. The lowest BCUT2D eigenvalue weighted by Gasteiger charge is -2.08. The minimum atomic E-state index is -2.81. The first-order valence-corrected chi connectivity index (χ1v) is 6.13. The molecule has 0 fully saturated rings. The molecule has 5 nitrogen and oxygen atoms in total. The van der Waals surface area contributed by atoms with Gasteiger partial charge in [0.05, 0.1) is 5.56 Å². The maximum absolute atomic E-state index is 14.1. The molecule has 0 saturated carbocycles. The van der Waals surface area contributed by atoms with Crippen molar-refractivity contribution in [3.8, 4) is 23.1 Å². The summed E-state index contributed by atoms with van der Waals surface area (Å²) in [6, 6.07) is 6.54. The Kier molecular flexibility index (Phi) is 3.73. The number of hydrogen-bond acceptors (Lipinski definition) is 5. The highest BCUT2D eigenvalue weighted by atomic mass is 19.3. The summed E-state index contributed by atoms with van der Waals surface area (Å²) in [5, 5.41) is 3.20. The highest BCUT2D eigenvalue weighted by Crippen LogP contribution is 2.36. The van der Waals surface area contributed by atoms with Crippen molar-refractivity contribution in [3.05, 3.63) is 54.2 Å². The van der Waals surface area contributed by atoms with Crippen LogP contribution in [0.1, 0.15) is 12.1 Å². The molecule has 0 atom stereocenters. The molecule has 0 bridgehead atoms. The topological polar surface area (TPSA) is 61.0 Å². The van der Waals surface area contributed by atoms with Gasteiger partial charge in [-0.05, 0) is 18.2 Å². The van der Waals surface area contributed by atoms with Gasteiger partial charge in [-0.25, -0.2) is 23.1 Å². The minimum Gasteiger partial charge on any atom is -0.423 e. The van der Waals surface area contributed by atoms with E-state index in [4.69, 9.17) is 9.26 Å². The zero-order valence-electron chi connectivity index (χ0n) is 10.9. The van der Waals surface area contributed by atoms with E-state index < -0.39 is 17.9 Å². The van der Waals surface area contributed by atoms with Crippen molar-refractivity contribution in [1.82, 2.24) is 15.1 Å². The largest absolute Gasteiger partial charge is 0.423 e. The average molecular weight is 307 g/mol. The quantitative estimate of drug-likeness (QED) is 0.729. The maximum Gasteiger partial charge on any atom is 0.321 e. The molecule has 0 aliphatic heterocycles. The molecular weight excluding hydrogens is 299 g/mol. The Labute approximate surface area is 122 Å². The fourth-order valence-corrected chi connectivity index (χ4v) is 1.77. The second-order valence-electron chi connectivity index (χ2n) is 4.16. The van der Waals surface area contributed by atoms with Gasteiger partial charge in [0, 0.05) is 18.5 Å². The third-order valence-corrected chi connectivity index (χ3v) is 2.72. The summed E-state index contributed by atoms with van der Waals surface area (Å²) in [6.45, 7) is 0. The van der Waals surface area contributed by atoms with Crippen molar-refractivity contribution < 1.29 is 22.4 Å². The second kappa shape index (κ2) is 5.84. The summed E-state index contributed by atoms with van der Waals surface area (Å²) in [7, 11) is 0. The van der Waals surface area contributed by atoms with Gasteiger partial charge in [-0.1, -0.05) is 11.2 Å². The number of hydrogen-bond donors (Lipinski definition) is 0. The Balaban J connectivity index is 2.02. The van der Waals surface area contributed by atoms with Crippen LogP contribution in [0.2, 0.25) is 0 Å². The van der Waals surface area contributed by atoms with E-state index in [0.717, 1.165) is 12.1 Å². The van der Waals surface area contributed by atoms with Gasteiger partial charge in [0.15, 0.2) is 5.76 Å². The number of ether oxygens (including phenoxy) is 1. The van der Waals surface area contributed by atoms with Crippen LogP contribution in [0, 0.1) is 5.82 Å². The fraction of sp³-hybridized carbons (Fsp3) is 0.0714. The highest BCUT2D eigenvalue weighted by Gasteiger charge is 2.21. The molecule has 2 aromatic heterocycles. The van der Waals surface area contributed by atoms with Gasteiger partial charge in [-0.2, -0.15) is 0 Å². The second-order valence-corrected chi connectivity index (χ2v) is 4.16. The first-order chi connectivity index (χ1) is 10.6. The zero-order valence-corrected chi connectivity index (χ0v) is 10.9. The molecule has 0 unspecified atom stereocenters. The van der Waals surface area contributed by atoms with Crippen LogP contribution < -0.4 is 4.74 Å². The molecule has 22 heavy (non-hydrogen) atoms. The number of benzene rings is 1. The van der Waals surface area contributed by atoms with E-state index in [-0.39, 0.29) is 23.1 Å². The molecule has 0 spiro atoms. The molecule has 2 heterocycles. The van der Waals surface area contributed by atoms with E-state index in [1.165, 1.54) is 24.5 Å². The summed E-state index contributed by atoms with van der Waals surface area (Å²) < 4.78 is 49.4. The summed E-state index contributed by atoms with van der Waals surface area (Å²) in [5.74, 6) is -0.840. The first kappa shape index (κ1) is 14.1. The van der Waals surface area contributed by atoms with Crippen molar-refractivity contribution in [2.45, 2.75) is 6.43 Å². The Bertz CT molecular complexity index is 778. The number of alkyl halides is 2. The van der Waals surface area contributed by atoms with E-state index >= 15 is 0 Å². The number of halogens is 3. The highest BCUT2D eigenvalue weighted by molar-refractivity contribution is 5.67. The van der Waals surface area contributed by atoms with E-state index in [0.29, 0.717) is 0 Å². The molecular formula is C14H8F3N3O2. The Morgan fingerprint density at radius 3 is 2.55 bits per heavy atom. The van der Waals surface area contributed by atoms with Gasteiger partial charge in [-0.15, -0.1) is 0 Å². The molecule has 0 amide bonds. The fourth-order valence-electron chi connectivity index (χ4n) is 1.77. The van der Waals surface area contributed by atoms with Gasteiger partial charge < -0.3 is 9.26 Å². The predicted molar refractivity (Wildman–Crippen MR) is 69.0 cm³/mol. The summed E-state index contributed by atoms with van der Waals surface area (Å²) >= 11 is 0. The van der Waals surface area contributed by atoms with Crippen LogP contribution >= 0.6 is 0 Å². The molecule has 0 saturated heterocycles. The van der Waals surface area contributed by atoms with Crippen molar-refractivity contribution >= 4 is 0 Å². The van der Waals surface area contributed by atoms with Crippen LogP contribution in [0.4, 0.5) is 13.2 Å². The number of nitrogens with zero attached hydrogens (tertiary/aromatic N) is 3. The zero-order chi connectivity index (χ0) is 15.5. The number of rotatable bonds is 4. The predicted octanol–water partition coefficient (Wildman–Crippen LogP) is 4.00. The summed E-state index contributed by atoms with van der Waals surface area (Å²) in [6.07, 6.45) is 0.0843. The summed E-state index contributed by atoms with van der Waals surface area (Å²) in [4.78, 5) is 7.70. The molecule has 112 valence electrons. The Morgan fingerprint density at radius 1 is 1.09 bits per heavy atom. The molecule has 1 aromatic carbocycles. The van der Waals surface area contributed by atoms with Crippen molar-refractivity contribution in [3.63, 3.8) is 0 Å². The minimum absolute atomic E-state index is 0.0112. The van der Waals surface area contributed by atoms with Crippen molar-refractivity contribution in [1.29, 1.82) is 0 Å². The molecule has 3 rings (SSSR count). The third kappa shape index (κ3) is 2.76. The van der Waals surface area contributed by atoms with Crippen molar-refractivity contribution in [2.75, 3.05) is 0 Å². The lowest BCUT2D eigenvalue weighted by atomic mass is 10.1. The van der Waals surface area contributed by atoms with E-state index in [9.17, 15) is 13.2 Å². The van der Waals surface area contributed by atoms with Gasteiger partial charge >= 0.3 is 6.01 Å². The van der Waals surface area contributed by atoms with Gasteiger partial charge in [0.25, 0.3) is 6.43 Å². The lowest BCUT2D eigenvalue weighted by molar-refractivity contribution is 0.140.